The molecule has 0 saturated carbocycles. The van der Waals surface area contributed by atoms with Crippen LogP contribution in [-0.4, -0.2) is 60.2 Å². The Morgan fingerprint density at radius 3 is 2.80 bits per heavy atom. The third-order valence-corrected chi connectivity index (χ3v) is 5.13. The molecule has 0 bridgehead atoms. The molecule has 3 heterocycles. The molecule has 2 aliphatic rings. The van der Waals surface area contributed by atoms with Crippen LogP contribution in [0.25, 0.3) is 11.3 Å². The van der Waals surface area contributed by atoms with Crippen LogP contribution in [0.3, 0.4) is 0 Å². The number of ether oxygens (including phenoxy) is 1. The summed E-state index contributed by atoms with van der Waals surface area (Å²) in [6.07, 6.45) is 2.93. The second-order valence-electron chi connectivity index (χ2n) is 6.89. The maximum absolute atomic E-state index is 14.1. The first-order chi connectivity index (χ1) is 12.3. The van der Waals surface area contributed by atoms with E-state index in [1.165, 1.54) is 6.42 Å². The zero-order valence-electron chi connectivity index (χ0n) is 14.4. The van der Waals surface area contributed by atoms with E-state index in [0.717, 1.165) is 62.8 Å². The van der Waals surface area contributed by atoms with Gasteiger partial charge < -0.3 is 4.74 Å². The molecule has 4 rings (SSSR count). The first kappa shape index (κ1) is 16.6. The molecule has 2 aliphatic heterocycles. The van der Waals surface area contributed by atoms with Crippen molar-refractivity contribution in [2.75, 3.05) is 39.4 Å². The lowest BCUT2D eigenvalue weighted by Crippen LogP contribution is -2.44. The summed E-state index contributed by atoms with van der Waals surface area (Å²) in [5.41, 5.74) is 2.68. The van der Waals surface area contributed by atoms with Crippen molar-refractivity contribution >= 4 is 0 Å². The molecule has 0 aliphatic carbocycles. The molecule has 1 aromatic carbocycles. The van der Waals surface area contributed by atoms with Gasteiger partial charge in [-0.3, -0.25) is 14.8 Å². The number of halogens is 1. The van der Waals surface area contributed by atoms with Crippen LogP contribution in [0.5, 0.6) is 0 Å². The number of hydrogen-bond acceptors (Lipinski definition) is 4. The molecule has 2 saturated heterocycles. The zero-order valence-corrected chi connectivity index (χ0v) is 14.4. The lowest BCUT2D eigenvalue weighted by molar-refractivity contribution is 0.0184. The van der Waals surface area contributed by atoms with Crippen LogP contribution in [0, 0.1) is 5.82 Å². The molecule has 1 aromatic heterocycles. The fourth-order valence-corrected chi connectivity index (χ4v) is 3.88. The summed E-state index contributed by atoms with van der Waals surface area (Å²) >= 11 is 0. The van der Waals surface area contributed by atoms with Gasteiger partial charge in [0.15, 0.2) is 0 Å². The van der Waals surface area contributed by atoms with Crippen molar-refractivity contribution in [3.05, 3.63) is 54.0 Å². The maximum Gasteiger partial charge on any atom is 0.124 e. The summed E-state index contributed by atoms with van der Waals surface area (Å²) in [5, 5.41) is 0. The molecular formula is C20H24FN3O. The minimum absolute atomic E-state index is 0.193. The predicted molar refractivity (Wildman–Crippen MR) is 95.7 cm³/mol. The predicted octanol–water partition coefficient (Wildman–Crippen LogP) is 2.79. The quantitative estimate of drug-likeness (QED) is 0.855. The molecule has 0 radical (unpaired) electrons. The first-order valence-corrected chi connectivity index (χ1v) is 9.03. The molecule has 0 spiro atoms. The molecule has 4 nitrogen and oxygen atoms in total. The van der Waals surface area contributed by atoms with Crippen molar-refractivity contribution in [1.29, 1.82) is 0 Å². The third-order valence-electron chi connectivity index (χ3n) is 5.13. The van der Waals surface area contributed by atoms with Gasteiger partial charge in [0, 0.05) is 50.5 Å². The highest BCUT2D eigenvalue weighted by molar-refractivity contribution is 5.59. The number of hydrogen-bond donors (Lipinski definition) is 0. The van der Waals surface area contributed by atoms with E-state index in [1.54, 1.807) is 18.3 Å². The highest BCUT2D eigenvalue weighted by Crippen LogP contribution is 2.23. The zero-order chi connectivity index (χ0) is 17.1. The summed E-state index contributed by atoms with van der Waals surface area (Å²) in [5.74, 6) is -0.193. The Morgan fingerprint density at radius 2 is 2.00 bits per heavy atom. The second kappa shape index (κ2) is 7.60. The highest BCUT2D eigenvalue weighted by Gasteiger charge is 2.28. The van der Waals surface area contributed by atoms with E-state index in [0.29, 0.717) is 6.04 Å². The van der Waals surface area contributed by atoms with Crippen molar-refractivity contribution < 1.29 is 9.13 Å². The highest BCUT2D eigenvalue weighted by atomic mass is 19.1. The standard InChI is InChI=1S/C20H24FN3O/c21-18-12-16(11-17(13-18)20-3-1-2-5-22-20)14-23-6-4-19(15-23)24-7-9-25-10-8-24/h1-3,5,11-13,19H,4,6-10,14-15H2. The number of likely N-dealkylation sites (tertiary alicyclic amines) is 1. The molecule has 25 heavy (non-hydrogen) atoms. The van der Waals surface area contributed by atoms with Gasteiger partial charge in [-0.15, -0.1) is 0 Å². The van der Waals surface area contributed by atoms with Crippen molar-refractivity contribution in [2.24, 2.45) is 0 Å². The number of aromatic nitrogens is 1. The van der Waals surface area contributed by atoms with Crippen LogP contribution in [0.4, 0.5) is 4.39 Å². The lowest BCUT2D eigenvalue weighted by atomic mass is 10.1. The topological polar surface area (TPSA) is 28.6 Å². The van der Waals surface area contributed by atoms with Gasteiger partial charge in [0.2, 0.25) is 0 Å². The Balaban J connectivity index is 1.43. The van der Waals surface area contributed by atoms with E-state index in [2.05, 4.69) is 20.9 Å². The molecule has 5 heteroatoms. The van der Waals surface area contributed by atoms with E-state index in [4.69, 9.17) is 4.74 Å². The van der Waals surface area contributed by atoms with Crippen LogP contribution in [0.2, 0.25) is 0 Å². The fraction of sp³-hybridized carbons (Fsp3) is 0.450. The van der Waals surface area contributed by atoms with E-state index < -0.39 is 0 Å². The van der Waals surface area contributed by atoms with Crippen LogP contribution < -0.4 is 0 Å². The van der Waals surface area contributed by atoms with Crippen LogP contribution in [-0.2, 0) is 11.3 Å². The number of benzene rings is 1. The SMILES string of the molecule is Fc1cc(CN2CCC(N3CCOCC3)C2)cc(-c2ccccn2)c1. The first-order valence-electron chi connectivity index (χ1n) is 9.03. The fourth-order valence-electron chi connectivity index (χ4n) is 3.88. The largest absolute Gasteiger partial charge is 0.379 e. The molecule has 2 aromatic rings. The van der Waals surface area contributed by atoms with Gasteiger partial charge in [-0.25, -0.2) is 4.39 Å². The average Bonchev–Trinajstić information content (AvgIpc) is 3.11. The third kappa shape index (κ3) is 4.06. The van der Waals surface area contributed by atoms with Crippen molar-refractivity contribution in [2.45, 2.75) is 19.0 Å². The van der Waals surface area contributed by atoms with Gasteiger partial charge in [0.05, 0.1) is 18.9 Å². The van der Waals surface area contributed by atoms with Crippen molar-refractivity contribution in [1.82, 2.24) is 14.8 Å². The molecule has 1 unspecified atom stereocenters. The molecule has 0 amide bonds. The Hall–Kier alpha value is -1.82. The van der Waals surface area contributed by atoms with E-state index in [9.17, 15) is 4.39 Å². The van der Waals surface area contributed by atoms with Crippen LogP contribution >= 0.6 is 0 Å². The Bertz CT molecular complexity index is 703. The van der Waals surface area contributed by atoms with Crippen molar-refractivity contribution in [3.63, 3.8) is 0 Å². The Labute approximate surface area is 148 Å². The minimum atomic E-state index is -0.193. The normalized spacial score (nSPS) is 22.4. The lowest BCUT2D eigenvalue weighted by Gasteiger charge is -2.32. The van der Waals surface area contributed by atoms with Gasteiger partial charge in [0.25, 0.3) is 0 Å². The molecular weight excluding hydrogens is 317 g/mol. The molecule has 2 fully saturated rings. The smallest absolute Gasteiger partial charge is 0.124 e. The summed E-state index contributed by atoms with van der Waals surface area (Å²) in [6, 6.07) is 11.6. The van der Waals surface area contributed by atoms with E-state index >= 15 is 0 Å². The van der Waals surface area contributed by atoms with Gasteiger partial charge in [0.1, 0.15) is 5.82 Å². The minimum Gasteiger partial charge on any atom is -0.379 e. The second-order valence-corrected chi connectivity index (χ2v) is 6.89. The molecule has 132 valence electrons. The molecule has 0 N–H and O–H groups in total. The Kier molecular flexibility index (Phi) is 5.06. The summed E-state index contributed by atoms with van der Waals surface area (Å²) in [6.45, 7) is 6.65. The van der Waals surface area contributed by atoms with E-state index in [-0.39, 0.29) is 5.82 Å². The van der Waals surface area contributed by atoms with Crippen molar-refractivity contribution in [3.8, 4) is 11.3 Å². The summed E-state index contributed by atoms with van der Waals surface area (Å²) < 4.78 is 19.5. The summed E-state index contributed by atoms with van der Waals surface area (Å²) in [7, 11) is 0. The number of pyridine rings is 1. The van der Waals surface area contributed by atoms with Gasteiger partial charge in [-0.05, 0) is 42.3 Å². The maximum atomic E-state index is 14.1. The molecule has 1 atom stereocenters. The van der Waals surface area contributed by atoms with Crippen LogP contribution in [0.15, 0.2) is 42.6 Å². The number of nitrogens with zero attached hydrogens (tertiary/aromatic N) is 3. The Morgan fingerprint density at radius 1 is 1.12 bits per heavy atom. The van der Waals surface area contributed by atoms with Gasteiger partial charge in [-0.2, -0.15) is 0 Å². The monoisotopic (exact) mass is 341 g/mol. The van der Waals surface area contributed by atoms with Crippen LogP contribution in [0.1, 0.15) is 12.0 Å². The average molecular weight is 341 g/mol. The van der Waals surface area contributed by atoms with E-state index in [1.807, 2.05) is 18.2 Å². The van der Waals surface area contributed by atoms with Gasteiger partial charge in [-0.1, -0.05) is 6.07 Å². The summed E-state index contributed by atoms with van der Waals surface area (Å²) in [4.78, 5) is 9.30. The van der Waals surface area contributed by atoms with Gasteiger partial charge >= 0.3 is 0 Å². The number of morpholine rings is 1. The number of rotatable bonds is 4.